The minimum absolute atomic E-state index is 0.339. The van der Waals surface area contributed by atoms with Gasteiger partial charge in [0.05, 0.1) is 25.3 Å². The molecule has 3 rings (SSSR count). The first-order chi connectivity index (χ1) is 14.0. The van der Waals surface area contributed by atoms with Gasteiger partial charge in [-0.15, -0.1) is 0 Å². The van der Waals surface area contributed by atoms with Crippen LogP contribution in [0.2, 0.25) is 0 Å². The molecule has 0 spiro atoms. The van der Waals surface area contributed by atoms with Crippen LogP contribution in [0, 0.1) is 0 Å². The van der Waals surface area contributed by atoms with Gasteiger partial charge >= 0.3 is 0 Å². The maximum atomic E-state index is 12.8. The Morgan fingerprint density at radius 1 is 1.10 bits per heavy atom. The summed E-state index contributed by atoms with van der Waals surface area (Å²) in [7, 11) is 3.02. The number of para-hydroxylation sites is 2. The number of hydrogen-bond donors (Lipinski definition) is 3. The number of methoxy groups -OCH3 is 2. The van der Waals surface area contributed by atoms with Crippen LogP contribution in [-0.4, -0.2) is 42.0 Å². The number of ether oxygens (including phenoxy) is 2. The molecule has 0 unspecified atom stereocenters. The van der Waals surface area contributed by atoms with E-state index in [0.29, 0.717) is 29.4 Å². The summed E-state index contributed by atoms with van der Waals surface area (Å²) in [6, 6.07) is 11.6. The Balaban J connectivity index is 1.74. The average molecular weight is 396 g/mol. The van der Waals surface area contributed by atoms with Crippen molar-refractivity contribution in [2.45, 2.75) is 25.8 Å². The van der Waals surface area contributed by atoms with Gasteiger partial charge in [-0.3, -0.25) is 14.9 Å². The van der Waals surface area contributed by atoms with E-state index >= 15 is 0 Å². The fraction of sp³-hybridized carbons (Fsp3) is 0.286. The largest absolute Gasteiger partial charge is 0.497 e. The summed E-state index contributed by atoms with van der Waals surface area (Å²) in [6.07, 6.45) is 1.21. The number of nitrogens with zero attached hydrogens (tertiary/aromatic N) is 1. The Morgan fingerprint density at radius 2 is 1.79 bits per heavy atom. The van der Waals surface area contributed by atoms with Gasteiger partial charge in [0.2, 0.25) is 11.9 Å². The summed E-state index contributed by atoms with van der Waals surface area (Å²) < 4.78 is 10.4. The van der Waals surface area contributed by atoms with Crippen LogP contribution in [-0.2, 0) is 4.79 Å². The van der Waals surface area contributed by atoms with Gasteiger partial charge in [0.1, 0.15) is 17.5 Å². The zero-order valence-corrected chi connectivity index (χ0v) is 16.6. The lowest BCUT2D eigenvalue weighted by atomic mass is 10.1. The van der Waals surface area contributed by atoms with Gasteiger partial charge in [-0.2, -0.15) is 0 Å². The number of imidazole rings is 1. The number of nitrogens with one attached hydrogen (secondary N) is 3. The van der Waals surface area contributed by atoms with Crippen LogP contribution in [0.5, 0.6) is 11.5 Å². The Morgan fingerprint density at radius 3 is 2.41 bits per heavy atom. The van der Waals surface area contributed by atoms with Crippen molar-refractivity contribution >= 4 is 28.8 Å². The standard InChI is InChI=1S/C21H24N4O4/c1-4-7-18(20(27)25-21-23-16-8-5-6-9-17(16)24-21)22-19(26)13-10-14(28-2)12-15(11-13)29-3/h5-6,8-12,18H,4,7H2,1-3H3,(H,22,26)(H2,23,24,25,27)/t18-/m0/s1. The summed E-state index contributed by atoms with van der Waals surface area (Å²) in [6.45, 7) is 1.95. The quantitative estimate of drug-likeness (QED) is 0.543. The zero-order chi connectivity index (χ0) is 20.8. The van der Waals surface area contributed by atoms with Crippen LogP contribution < -0.4 is 20.1 Å². The first kappa shape index (κ1) is 20.2. The lowest BCUT2D eigenvalue weighted by molar-refractivity contribution is -0.118. The predicted molar refractivity (Wildman–Crippen MR) is 110 cm³/mol. The van der Waals surface area contributed by atoms with E-state index in [1.54, 1.807) is 18.2 Å². The van der Waals surface area contributed by atoms with Gasteiger partial charge in [0.15, 0.2) is 0 Å². The highest BCUT2D eigenvalue weighted by Gasteiger charge is 2.22. The normalized spacial score (nSPS) is 11.7. The summed E-state index contributed by atoms with van der Waals surface area (Å²) in [5.41, 5.74) is 1.92. The maximum Gasteiger partial charge on any atom is 0.252 e. The molecular weight excluding hydrogens is 372 g/mol. The molecule has 0 aliphatic rings. The van der Waals surface area contributed by atoms with E-state index in [0.717, 1.165) is 17.5 Å². The van der Waals surface area contributed by atoms with Crippen LogP contribution in [0.1, 0.15) is 30.1 Å². The molecule has 3 N–H and O–H groups in total. The Kier molecular flexibility index (Phi) is 6.33. The van der Waals surface area contributed by atoms with Crippen LogP contribution in [0.15, 0.2) is 42.5 Å². The van der Waals surface area contributed by atoms with E-state index in [1.165, 1.54) is 14.2 Å². The first-order valence-electron chi connectivity index (χ1n) is 9.33. The highest BCUT2D eigenvalue weighted by atomic mass is 16.5. The number of amides is 2. The third-order valence-corrected chi connectivity index (χ3v) is 4.44. The van der Waals surface area contributed by atoms with E-state index in [2.05, 4.69) is 20.6 Å². The van der Waals surface area contributed by atoms with Crippen molar-refractivity contribution < 1.29 is 19.1 Å². The molecule has 2 aromatic carbocycles. The molecule has 1 heterocycles. The molecule has 0 saturated heterocycles. The molecule has 2 amide bonds. The summed E-state index contributed by atoms with van der Waals surface area (Å²) >= 11 is 0. The third-order valence-electron chi connectivity index (χ3n) is 4.44. The second kappa shape index (κ2) is 9.09. The van der Waals surface area contributed by atoms with E-state index in [4.69, 9.17) is 9.47 Å². The molecule has 0 aliphatic heterocycles. The number of H-pyrrole nitrogens is 1. The van der Waals surface area contributed by atoms with Crippen molar-refractivity contribution in [3.8, 4) is 11.5 Å². The molecule has 29 heavy (non-hydrogen) atoms. The molecule has 0 bridgehead atoms. The lowest BCUT2D eigenvalue weighted by Crippen LogP contribution is -2.43. The second-order valence-electron chi connectivity index (χ2n) is 6.51. The Bertz CT molecular complexity index is 960. The number of fused-ring (bicyclic) bond motifs is 1. The minimum atomic E-state index is -0.710. The van der Waals surface area contributed by atoms with E-state index in [1.807, 2.05) is 31.2 Å². The highest BCUT2D eigenvalue weighted by Crippen LogP contribution is 2.22. The van der Waals surface area contributed by atoms with Crippen LogP contribution in [0.3, 0.4) is 0 Å². The van der Waals surface area contributed by atoms with E-state index < -0.39 is 6.04 Å². The smallest absolute Gasteiger partial charge is 0.252 e. The van der Waals surface area contributed by atoms with Crippen molar-refractivity contribution in [1.29, 1.82) is 0 Å². The van der Waals surface area contributed by atoms with Gasteiger partial charge in [0.25, 0.3) is 5.91 Å². The van der Waals surface area contributed by atoms with Gasteiger partial charge in [-0.05, 0) is 30.7 Å². The Labute approximate surface area is 168 Å². The summed E-state index contributed by atoms with van der Waals surface area (Å²) in [5, 5.41) is 5.54. The van der Waals surface area contributed by atoms with Crippen molar-refractivity contribution in [3.63, 3.8) is 0 Å². The highest BCUT2D eigenvalue weighted by molar-refractivity contribution is 6.01. The number of benzene rings is 2. The fourth-order valence-corrected chi connectivity index (χ4v) is 2.95. The maximum absolute atomic E-state index is 12.8. The Hall–Kier alpha value is -3.55. The number of carbonyl (C=O) groups is 2. The molecule has 0 fully saturated rings. The second-order valence-corrected chi connectivity index (χ2v) is 6.51. The molecule has 1 aromatic heterocycles. The summed E-state index contributed by atoms with van der Waals surface area (Å²) in [4.78, 5) is 32.9. The SMILES string of the molecule is CCC[C@H](NC(=O)c1cc(OC)cc(OC)c1)C(=O)Nc1nc2ccccc2[nH]1. The van der Waals surface area contributed by atoms with Gasteiger partial charge in [0, 0.05) is 11.6 Å². The van der Waals surface area contributed by atoms with E-state index in [9.17, 15) is 9.59 Å². The van der Waals surface area contributed by atoms with Crippen molar-refractivity contribution in [2.75, 3.05) is 19.5 Å². The van der Waals surface area contributed by atoms with Crippen molar-refractivity contribution in [1.82, 2.24) is 15.3 Å². The molecule has 0 saturated carbocycles. The van der Waals surface area contributed by atoms with Crippen LogP contribution >= 0.6 is 0 Å². The van der Waals surface area contributed by atoms with Crippen LogP contribution in [0.25, 0.3) is 11.0 Å². The lowest BCUT2D eigenvalue weighted by Gasteiger charge is -2.17. The fourth-order valence-electron chi connectivity index (χ4n) is 2.95. The average Bonchev–Trinajstić information content (AvgIpc) is 3.15. The topological polar surface area (TPSA) is 105 Å². The van der Waals surface area contributed by atoms with E-state index in [-0.39, 0.29) is 11.8 Å². The molecular formula is C21H24N4O4. The minimum Gasteiger partial charge on any atom is -0.497 e. The van der Waals surface area contributed by atoms with Crippen molar-refractivity contribution in [2.24, 2.45) is 0 Å². The molecule has 1 atom stereocenters. The molecule has 3 aromatic rings. The number of rotatable bonds is 8. The number of aromatic amines is 1. The summed E-state index contributed by atoms with van der Waals surface area (Å²) in [5.74, 6) is 0.602. The monoisotopic (exact) mass is 396 g/mol. The van der Waals surface area contributed by atoms with Gasteiger partial charge < -0.3 is 19.8 Å². The molecule has 0 aliphatic carbocycles. The molecule has 8 nitrogen and oxygen atoms in total. The number of hydrogen-bond acceptors (Lipinski definition) is 5. The molecule has 152 valence electrons. The third kappa shape index (κ3) is 4.84. The molecule has 8 heteroatoms. The van der Waals surface area contributed by atoms with Crippen LogP contribution in [0.4, 0.5) is 5.95 Å². The number of anilines is 1. The van der Waals surface area contributed by atoms with Crippen molar-refractivity contribution in [3.05, 3.63) is 48.0 Å². The number of carbonyl (C=O) groups excluding carboxylic acids is 2. The first-order valence-corrected chi connectivity index (χ1v) is 9.33. The number of aromatic nitrogens is 2. The zero-order valence-electron chi connectivity index (χ0n) is 16.6. The predicted octanol–water partition coefficient (Wildman–Crippen LogP) is 3.12. The molecule has 0 radical (unpaired) electrons. The van der Waals surface area contributed by atoms with Gasteiger partial charge in [-0.1, -0.05) is 25.5 Å². The van der Waals surface area contributed by atoms with Gasteiger partial charge in [-0.25, -0.2) is 4.98 Å².